The maximum absolute atomic E-state index is 12.9. The van der Waals surface area contributed by atoms with Crippen LogP contribution in [0.3, 0.4) is 0 Å². The first-order valence-electron chi connectivity index (χ1n) is 8.77. The van der Waals surface area contributed by atoms with Crippen LogP contribution in [0.4, 0.5) is 0 Å². The Balaban J connectivity index is 1.54. The van der Waals surface area contributed by atoms with Crippen molar-refractivity contribution in [3.05, 3.63) is 29.5 Å². The number of pyridine rings is 1. The molecule has 4 rings (SSSR count). The third-order valence-electron chi connectivity index (χ3n) is 5.30. The van der Waals surface area contributed by atoms with Crippen LogP contribution in [0.15, 0.2) is 24.5 Å². The number of amides is 1. The van der Waals surface area contributed by atoms with Crippen LogP contribution in [0.2, 0.25) is 5.02 Å². The van der Waals surface area contributed by atoms with Crippen LogP contribution in [0.1, 0.15) is 38.6 Å². The van der Waals surface area contributed by atoms with E-state index in [2.05, 4.69) is 15.2 Å². The molecule has 1 unspecified atom stereocenters. The minimum Gasteiger partial charge on any atom is -0.348 e. The molecular weight excluding hydrogens is 324 g/mol. The summed E-state index contributed by atoms with van der Waals surface area (Å²) < 4.78 is 1.95. The minimum atomic E-state index is -0.248. The number of nitrogens with one attached hydrogen (secondary N) is 1. The van der Waals surface area contributed by atoms with Crippen molar-refractivity contribution in [2.24, 2.45) is 0 Å². The summed E-state index contributed by atoms with van der Waals surface area (Å²) >= 11 is 6.23. The Hall–Kier alpha value is -1.59. The van der Waals surface area contributed by atoms with Gasteiger partial charge >= 0.3 is 0 Å². The molecule has 1 amide bonds. The van der Waals surface area contributed by atoms with Gasteiger partial charge in [-0.1, -0.05) is 18.5 Å². The first-order chi connectivity index (χ1) is 11.6. The number of carbonyl (C=O) groups excluding carboxylic acids is 1. The van der Waals surface area contributed by atoms with Crippen molar-refractivity contribution >= 4 is 28.5 Å². The quantitative estimate of drug-likeness (QED) is 0.874. The normalized spacial score (nSPS) is 20.6. The molecule has 5 nitrogen and oxygen atoms in total. The minimum absolute atomic E-state index is 0.00104. The van der Waals surface area contributed by atoms with Crippen molar-refractivity contribution in [2.75, 3.05) is 19.6 Å². The van der Waals surface area contributed by atoms with Gasteiger partial charge in [0.25, 0.3) is 0 Å². The topological polar surface area (TPSA) is 50.2 Å². The fraction of sp³-hybridized carbons (Fsp3) is 0.556. The van der Waals surface area contributed by atoms with Gasteiger partial charge < -0.3 is 14.8 Å². The highest BCUT2D eigenvalue weighted by Crippen LogP contribution is 2.38. The average molecular weight is 347 g/mol. The largest absolute Gasteiger partial charge is 0.348 e. The van der Waals surface area contributed by atoms with Gasteiger partial charge in [-0.05, 0) is 50.9 Å². The van der Waals surface area contributed by atoms with Gasteiger partial charge in [0.2, 0.25) is 5.91 Å². The summed E-state index contributed by atoms with van der Waals surface area (Å²) in [5.74, 6) is 0.0924. The van der Waals surface area contributed by atoms with Crippen LogP contribution in [0.5, 0.6) is 0 Å². The smallest absolute Gasteiger partial charge is 0.243 e. The van der Waals surface area contributed by atoms with Crippen molar-refractivity contribution in [2.45, 2.75) is 44.2 Å². The summed E-state index contributed by atoms with van der Waals surface area (Å²) in [5.41, 5.74) is 0.774. The van der Waals surface area contributed by atoms with E-state index in [0.717, 1.165) is 36.8 Å². The zero-order valence-corrected chi connectivity index (χ0v) is 14.7. The van der Waals surface area contributed by atoms with Gasteiger partial charge in [-0.15, -0.1) is 0 Å². The van der Waals surface area contributed by atoms with Gasteiger partial charge in [-0.3, -0.25) is 4.79 Å². The molecule has 2 aromatic heterocycles. The number of likely N-dealkylation sites (tertiary alicyclic amines) is 1. The van der Waals surface area contributed by atoms with Gasteiger partial charge in [0.15, 0.2) is 0 Å². The standard InChI is InChI=1S/C18H23ClN4O/c1-2-15(23-11-5-13-14(19)4-8-20-16(13)23)17(24)21-18(6-7-18)12-22-9-3-10-22/h4-5,8,11,15H,2-3,6-7,9-10,12H2,1H3,(H,21,24). The molecule has 0 bridgehead atoms. The highest BCUT2D eigenvalue weighted by Gasteiger charge is 2.46. The lowest BCUT2D eigenvalue weighted by Crippen LogP contribution is -2.51. The maximum atomic E-state index is 12.9. The molecule has 1 saturated carbocycles. The summed E-state index contributed by atoms with van der Waals surface area (Å²) in [7, 11) is 0. The van der Waals surface area contributed by atoms with Gasteiger partial charge in [-0.25, -0.2) is 4.98 Å². The summed E-state index contributed by atoms with van der Waals surface area (Å²) in [6, 6.07) is 3.47. The van der Waals surface area contributed by atoms with Crippen molar-refractivity contribution < 1.29 is 4.79 Å². The fourth-order valence-corrected chi connectivity index (χ4v) is 3.77. The van der Waals surface area contributed by atoms with E-state index < -0.39 is 0 Å². The molecule has 2 aliphatic rings. The van der Waals surface area contributed by atoms with E-state index in [1.54, 1.807) is 12.3 Å². The SMILES string of the molecule is CCC(C(=O)NC1(CN2CCC2)CC1)n1ccc2c(Cl)ccnc21. The lowest BCUT2D eigenvalue weighted by atomic mass is 10.1. The number of rotatable bonds is 6. The molecule has 2 aromatic rings. The van der Waals surface area contributed by atoms with Crippen LogP contribution in [0, 0.1) is 0 Å². The third-order valence-corrected chi connectivity index (χ3v) is 5.63. The van der Waals surface area contributed by atoms with Crippen LogP contribution in [-0.4, -0.2) is 45.5 Å². The average Bonchev–Trinajstić information content (AvgIpc) is 3.14. The summed E-state index contributed by atoms with van der Waals surface area (Å²) in [5, 5.41) is 4.89. The van der Waals surface area contributed by atoms with Crippen LogP contribution in [0.25, 0.3) is 11.0 Å². The molecule has 0 spiro atoms. The molecule has 3 heterocycles. The molecule has 6 heteroatoms. The summed E-state index contributed by atoms with van der Waals surface area (Å²) in [6.45, 7) is 5.36. The molecule has 1 aliphatic heterocycles. The van der Waals surface area contributed by atoms with Crippen molar-refractivity contribution in [3.8, 4) is 0 Å². The molecule has 2 fully saturated rings. The molecule has 1 aliphatic carbocycles. The molecule has 0 radical (unpaired) electrons. The second-order valence-electron chi connectivity index (χ2n) is 7.08. The van der Waals surface area contributed by atoms with Crippen LogP contribution in [-0.2, 0) is 4.79 Å². The number of carbonyl (C=O) groups is 1. The van der Waals surface area contributed by atoms with E-state index in [-0.39, 0.29) is 17.5 Å². The monoisotopic (exact) mass is 346 g/mol. The second kappa shape index (κ2) is 6.05. The number of hydrogen-bond acceptors (Lipinski definition) is 3. The zero-order chi connectivity index (χ0) is 16.7. The zero-order valence-electron chi connectivity index (χ0n) is 14.0. The van der Waals surface area contributed by atoms with Gasteiger partial charge in [0.05, 0.1) is 10.6 Å². The maximum Gasteiger partial charge on any atom is 0.243 e. The van der Waals surface area contributed by atoms with Crippen molar-refractivity contribution in [1.82, 2.24) is 19.8 Å². The molecule has 128 valence electrons. The Labute approximate surface area is 147 Å². The molecule has 1 atom stereocenters. The summed E-state index contributed by atoms with van der Waals surface area (Å²) in [4.78, 5) is 19.8. The van der Waals surface area contributed by atoms with E-state index in [4.69, 9.17) is 11.6 Å². The Bertz CT molecular complexity index is 763. The molecular formula is C18H23ClN4O. The van der Waals surface area contributed by atoms with Crippen molar-refractivity contribution in [1.29, 1.82) is 0 Å². The van der Waals surface area contributed by atoms with E-state index in [0.29, 0.717) is 5.02 Å². The Kier molecular flexibility index (Phi) is 4.01. The molecule has 1 saturated heterocycles. The second-order valence-corrected chi connectivity index (χ2v) is 7.48. The molecule has 24 heavy (non-hydrogen) atoms. The summed E-state index contributed by atoms with van der Waals surface area (Å²) in [6.07, 6.45) is 7.79. The lowest BCUT2D eigenvalue weighted by molar-refractivity contribution is -0.125. The third kappa shape index (κ3) is 2.80. The van der Waals surface area contributed by atoms with Crippen molar-refractivity contribution in [3.63, 3.8) is 0 Å². The van der Waals surface area contributed by atoms with E-state index in [9.17, 15) is 4.79 Å². The first kappa shape index (κ1) is 15.9. The fourth-order valence-electron chi connectivity index (χ4n) is 3.57. The van der Waals surface area contributed by atoms with E-state index in [1.807, 2.05) is 23.8 Å². The lowest BCUT2D eigenvalue weighted by Gasteiger charge is -2.35. The Morgan fingerprint density at radius 3 is 2.83 bits per heavy atom. The Morgan fingerprint density at radius 1 is 1.42 bits per heavy atom. The number of hydrogen-bond donors (Lipinski definition) is 1. The van der Waals surface area contributed by atoms with E-state index in [1.165, 1.54) is 19.5 Å². The van der Waals surface area contributed by atoms with E-state index >= 15 is 0 Å². The van der Waals surface area contributed by atoms with Crippen LogP contribution >= 0.6 is 11.6 Å². The molecule has 1 N–H and O–H groups in total. The Morgan fingerprint density at radius 2 is 2.21 bits per heavy atom. The number of aromatic nitrogens is 2. The highest BCUT2D eigenvalue weighted by molar-refractivity contribution is 6.35. The number of nitrogens with zero attached hydrogens (tertiary/aromatic N) is 3. The number of halogens is 1. The van der Waals surface area contributed by atoms with Gasteiger partial charge in [0, 0.05) is 24.3 Å². The van der Waals surface area contributed by atoms with Gasteiger partial charge in [-0.2, -0.15) is 0 Å². The van der Waals surface area contributed by atoms with Crippen LogP contribution < -0.4 is 5.32 Å². The predicted molar refractivity (Wildman–Crippen MR) is 95.2 cm³/mol. The predicted octanol–water partition coefficient (Wildman–Crippen LogP) is 3.00. The number of fused-ring (bicyclic) bond motifs is 1. The first-order valence-corrected chi connectivity index (χ1v) is 9.15. The highest BCUT2D eigenvalue weighted by atomic mass is 35.5. The molecule has 0 aromatic carbocycles. The van der Waals surface area contributed by atoms with Gasteiger partial charge in [0.1, 0.15) is 11.7 Å².